The normalized spacial score (nSPS) is 13.5. The highest BCUT2D eigenvalue weighted by Gasteiger charge is 2.06. The van der Waals surface area contributed by atoms with Crippen LogP contribution in [0.1, 0.15) is 6.92 Å². The van der Waals surface area contributed by atoms with Gasteiger partial charge in [0.25, 0.3) is 5.91 Å². The summed E-state index contributed by atoms with van der Waals surface area (Å²) in [5, 5.41) is 0.659. The average molecular weight is 205 g/mol. The SMILES string of the molecule is C=N/C(C(N)=O)=c1/c(=O)cc[nH]/c1=C/C. The summed E-state index contributed by atoms with van der Waals surface area (Å²) in [7, 11) is 0. The van der Waals surface area contributed by atoms with Crippen LogP contribution in [0.4, 0.5) is 0 Å². The van der Waals surface area contributed by atoms with E-state index in [9.17, 15) is 9.59 Å². The summed E-state index contributed by atoms with van der Waals surface area (Å²) >= 11 is 0. The number of amides is 1. The first-order chi connectivity index (χ1) is 7.11. The maximum Gasteiger partial charge on any atom is 0.268 e. The zero-order chi connectivity index (χ0) is 11.4. The molecule has 0 saturated carbocycles. The molecule has 0 atom stereocenters. The number of aliphatic imine (C=N–C) groups is 1. The van der Waals surface area contributed by atoms with E-state index in [4.69, 9.17) is 5.73 Å². The zero-order valence-electron chi connectivity index (χ0n) is 8.28. The Balaban J connectivity index is 3.99. The number of nitrogens with two attached hydrogens (primary N) is 1. The predicted molar refractivity (Wildman–Crippen MR) is 58.6 cm³/mol. The molecule has 5 heteroatoms. The van der Waals surface area contributed by atoms with Gasteiger partial charge in [-0.3, -0.25) is 14.6 Å². The summed E-state index contributed by atoms with van der Waals surface area (Å²) in [5.41, 5.74) is 4.66. The number of nitrogens with one attached hydrogen (secondary N) is 1. The summed E-state index contributed by atoms with van der Waals surface area (Å²) in [5.74, 6) is -0.773. The number of carbonyl (C=O) groups excluding carboxylic acids is 1. The van der Waals surface area contributed by atoms with Crippen LogP contribution >= 0.6 is 0 Å². The second-order valence-corrected chi connectivity index (χ2v) is 2.79. The van der Waals surface area contributed by atoms with Crippen LogP contribution in [0.3, 0.4) is 0 Å². The third-order valence-electron chi connectivity index (χ3n) is 1.91. The van der Waals surface area contributed by atoms with Gasteiger partial charge in [0.2, 0.25) is 0 Å². The highest BCUT2D eigenvalue weighted by atomic mass is 16.1. The molecule has 0 bridgehead atoms. The van der Waals surface area contributed by atoms with Gasteiger partial charge in [0.05, 0.1) is 5.22 Å². The molecule has 0 aliphatic heterocycles. The van der Waals surface area contributed by atoms with Crippen LogP contribution in [0.2, 0.25) is 0 Å². The van der Waals surface area contributed by atoms with Crippen molar-refractivity contribution >= 4 is 24.4 Å². The zero-order valence-corrected chi connectivity index (χ0v) is 8.28. The Bertz CT molecular complexity index is 569. The number of aromatic amines is 1. The van der Waals surface area contributed by atoms with Crippen LogP contribution < -0.4 is 21.7 Å². The molecule has 0 aromatic carbocycles. The molecule has 1 amide bonds. The highest BCUT2D eigenvalue weighted by Crippen LogP contribution is 1.87. The molecular weight excluding hydrogens is 194 g/mol. The number of hydrogen-bond donors (Lipinski definition) is 2. The van der Waals surface area contributed by atoms with E-state index in [2.05, 4.69) is 16.7 Å². The van der Waals surface area contributed by atoms with Gasteiger partial charge < -0.3 is 10.7 Å². The minimum absolute atomic E-state index is 0.120. The first kappa shape index (κ1) is 10.9. The lowest BCUT2D eigenvalue weighted by molar-refractivity contribution is -0.113. The standard InChI is InChI=1S/C10H11N3O2/c1-3-6-8(7(14)4-5-13-6)9(12-2)10(11)15/h3-5,13H,2H2,1H3,(H2,11,15)/b6-3+,9-8+. The van der Waals surface area contributed by atoms with Crippen LogP contribution in [-0.2, 0) is 4.79 Å². The number of nitrogens with zero attached hydrogens (tertiary/aromatic N) is 1. The minimum atomic E-state index is -0.773. The van der Waals surface area contributed by atoms with Crippen LogP contribution in [-0.4, -0.2) is 17.6 Å². The van der Waals surface area contributed by atoms with Gasteiger partial charge in [-0.05, 0) is 13.6 Å². The molecule has 1 aromatic heterocycles. The van der Waals surface area contributed by atoms with E-state index < -0.39 is 5.91 Å². The molecule has 0 aliphatic carbocycles. The molecular formula is C10H11N3O2. The fourth-order valence-electron chi connectivity index (χ4n) is 1.25. The quantitative estimate of drug-likeness (QED) is 0.574. The Hall–Kier alpha value is -2.17. The van der Waals surface area contributed by atoms with Crippen molar-refractivity contribution in [2.24, 2.45) is 10.7 Å². The molecule has 0 saturated heterocycles. The van der Waals surface area contributed by atoms with Crippen LogP contribution in [0.15, 0.2) is 22.1 Å². The fraction of sp³-hybridized carbons (Fsp3) is 0.100. The van der Waals surface area contributed by atoms with Crippen molar-refractivity contribution in [1.29, 1.82) is 0 Å². The van der Waals surface area contributed by atoms with E-state index in [1.165, 1.54) is 12.3 Å². The van der Waals surface area contributed by atoms with E-state index >= 15 is 0 Å². The van der Waals surface area contributed by atoms with Crippen molar-refractivity contribution in [2.45, 2.75) is 6.92 Å². The third kappa shape index (κ3) is 2.01. The van der Waals surface area contributed by atoms with E-state index in [0.717, 1.165) is 0 Å². The predicted octanol–water partition coefficient (Wildman–Crippen LogP) is -1.53. The van der Waals surface area contributed by atoms with Crippen molar-refractivity contribution in [3.8, 4) is 0 Å². The lowest BCUT2D eigenvalue weighted by Crippen LogP contribution is -2.43. The summed E-state index contributed by atoms with van der Waals surface area (Å²) in [6, 6.07) is 1.30. The lowest BCUT2D eigenvalue weighted by Gasteiger charge is -1.95. The Morgan fingerprint density at radius 3 is 2.80 bits per heavy atom. The molecule has 1 heterocycles. The van der Waals surface area contributed by atoms with Gasteiger partial charge in [-0.25, -0.2) is 0 Å². The number of aromatic nitrogens is 1. The van der Waals surface area contributed by atoms with E-state index in [1.54, 1.807) is 13.0 Å². The van der Waals surface area contributed by atoms with Gasteiger partial charge in [0.1, 0.15) is 5.70 Å². The van der Waals surface area contributed by atoms with Crippen molar-refractivity contribution in [1.82, 2.24) is 4.98 Å². The third-order valence-corrected chi connectivity index (χ3v) is 1.91. The summed E-state index contributed by atoms with van der Waals surface area (Å²) in [4.78, 5) is 28.9. The molecule has 0 spiro atoms. The van der Waals surface area contributed by atoms with Crippen molar-refractivity contribution in [3.05, 3.63) is 33.1 Å². The number of rotatable bonds is 2. The molecule has 15 heavy (non-hydrogen) atoms. The molecule has 0 fully saturated rings. The fourth-order valence-corrected chi connectivity index (χ4v) is 1.25. The average Bonchev–Trinajstić information content (AvgIpc) is 2.21. The maximum absolute atomic E-state index is 11.5. The molecule has 0 aliphatic rings. The van der Waals surface area contributed by atoms with Crippen LogP contribution in [0, 0.1) is 0 Å². The molecule has 0 radical (unpaired) electrons. The maximum atomic E-state index is 11.5. The van der Waals surface area contributed by atoms with Gasteiger partial charge in [-0.15, -0.1) is 0 Å². The topological polar surface area (TPSA) is 88.3 Å². The summed E-state index contributed by atoms with van der Waals surface area (Å²) < 4.78 is 0. The number of H-pyrrole nitrogens is 1. The van der Waals surface area contributed by atoms with E-state index in [-0.39, 0.29) is 16.3 Å². The molecule has 1 aromatic rings. The number of carbonyl (C=O) groups is 1. The van der Waals surface area contributed by atoms with Crippen molar-refractivity contribution in [3.63, 3.8) is 0 Å². The van der Waals surface area contributed by atoms with Crippen molar-refractivity contribution < 1.29 is 4.79 Å². The Morgan fingerprint density at radius 2 is 2.33 bits per heavy atom. The largest absolute Gasteiger partial charge is 0.364 e. The van der Waals surface area contributed by atoms with Gasteiger partial charge in [-0.2, -0.15) is 0 Å². The highest BCUT2D eigenvalue weighted by molar-refractivity contribution is 6.12. The monoisotopic (exact) mass is 205 g/mol. The number of hydrogen-bond acceptors (Lipinski definition) is 3. The second-order valence-electron chi connectivity index (χ2n) is 2.79. The second kappa shape index (κ2) is 4.36. The molecule has 3 N–H and O–H groups in total. The Kier molecular flexibility index (Phi) is 3.17. The minimum Gasteiger partial charge on any atom is -0.364 e. The number of pyridine rings is 1. The summed E-state index contributed by atoms with van der Waals surface area (Å²) in [6.07, 6.45) is 3.15. The van der Waals surface area contributed by atoms with Gasteiger partial charge >= 0.3 is 0 Å². The lowest BCUT2D eigenvalue weighted by atomic mass is 10.2. The van der Waals surface area contributed by atoms with Gasteiger partial charge in [0.15, 0.2) is 5.43 Å². The molecule has 1 rings (SSSR count). The molecule has 0 unspecified atom stereocenters. The van der Waals surface area contributed by atoms with Gasteiger partial charge in [-0.1, -0.05) is 6.08 Å². The number of primary amides is 1. The molecule has 5 nitrogen and oxygen atoms in total. The van der Waals surface area contributed by atoms with Crippen molar-refractivity contribution in [2.75, 3.05) is 0 Å². The Labute approximate surface area is 85.7 Å². The Morgan fingerprint density at radius 1 is 1.67 bits per heavy atom. The van der Waals surface area contributed by atoms with E-state index in [1.807, 2.05) is 0 Å². The van der Waals surface area contributed by atoms with Gasteiger partial charge in [0, 0.05) is 17.6 Å². The van der Waals surface area contributed by atoms with Crippen LogP contribution in [0.5, 0.6) is 0 Å². The first-order valence-corrected chi connectivity index (χ1v) is 4.26. The van der Waals surface area contributed by atoms with E-state index in [0.29, 0.717) is 5.35 Å². The molecule has 78 valence electrons. The van der Waals surface area contributed by atoms with Crippen LogP contribution in [0.25, 0.3) is 11.8 Å². The smallest absolute Gasteiger partial charge is 0.268 e. The summed E-state index contributed by atoms with van der Waals surface area (Å²) in [6.45, 7) is 4.95. The first-order valence-electron chi connectivity index (χ1n) is 4.26.